The van der Waals surface area contributed by atoms with E-state index in [-0.39, 0.29) is 5.91 Å². The minimum Gasteiger partial charge on any atom is -0.324 e. The number of aromatic nitrogens is 1. The van der Waals surface area contributed by atoms with Gasteiger partial charge in [-0.1, -0.05) is 11.6 Å². The van der Waals surface area contributed by atoms with E-state index < -0.39 is 0 Å². The molecule has 0 aliphatic heterocycles. The summed E-state index contributed by atoms with van der Waals surface area (Å²) in [6.45, 7) is 0. The van der Waals surface area contributed by atoms with E-state index >= 15 is 0 Å². The molecule has 1 aromatic heterocycles. The van der Waals surface area contributed by atoms with E-state index in [1.807, 2.05) is 6.26 Å². The second-order valence-corrected chi connectivity index (χ2v) is 3.60. The van der Waals surface area contributed by atoms with Crippen molar-refractivity contribution in [3.63, 3.8) is 0 Å². The van der Waals surface area contributed by atoms with Gasteiger partial charge in [-0.05, 0) is 18.4 Å². The van der Waals surface area contributed by atoms with Crippen LogP contribution in [0.4, 0.5) is 5.69 Å². The van der Waals surface area contributed by atoms with Crippen molar-refractivity contribution < 1.29 is 4.79 Å². The standard InChI is InChI=1S/C8H9ClN2OS/c1-13-5-8(12)11-6-2-3-7(9)10-4-6/h2-4H,5H2,1H3,(H,11,12). The fourth-order valence-corrected chi connectivity index (χ4v) is 1.22. The molecule has 0 bridgehead atoms. The van der Waals surface area contributed by atoms with E-state index in [1.165, 1.54) is 18.0 Å². The number of hydrogen-bond donors (Lipinski definition) is 1. The van der Waals surface area contributed by atoms with Gasteiger partial charge in [-0.3, -0.25) is 4.79 Å². The van der Waals surface area contributed by atoms with Gasteiger partial charge in [0.2, 0.25) is 5.91 Å². The third kappa shape index (κ3) is 3.65. The van der Waals surface area contributed by atoms with Crippen LogP contribution in [-0.2, 0) is 4.79 Å². The Morgan fingerprint density at radius 3 is 3.00 bits per heavy atom. The number of nitrogens with one attached hydrogen (secondary N) is 1. The Kier molecular flexibility index (Phi) is 4.05. The number of carbonyl (C=O) groups is 1. The lowest BCUT2D eigenvalue weighted by atomic mass is 10.4. The largest absolute Gasteiger partial charge is 0.324 e. The summed E-state index contributed by atoms with van der Waals surface area (Å²) in [5.41, 5.74) is 0.670. The first-order valence-corrected chi connectivity index (χ1v) is 5.40. The summed E-state index contributed by atoms with van der Waals surface area (Å²) in [6, 6.07) is 3.35. The van der Waals surface area contributed by atoms with Gasteiger partial charge in [0.15, 0.2) is 0 Å². The first kappa shape index (κ1) is 10.3. The molecule has 5 heteroatoms. The highest BCUT2D eigenvalue weighted by molar-refractivity contribution is 7.99. The van der Waals surface area contributed by atoms with Gasteiger partial charge in [-0.15, -0.1) is 0 Å². The molecule has 1 amide bonds. The van der Waals surface area contributed by atoms with Crippen LogP contribution >= 0.6 is 23.4 Å². The Morgan fingerprint density at radius 1 is 1.69 bits per heavy atom. The number of pyridine rings is 1. The van der Waals surface area contributed by atoms with E-state index in [0.717, 1.165) is 0 Å². The van der Waals surface area contributed by atoms with Crippen molar-refractivity contribution in [2.24, 2.45) is 0 Å². The van der Waals surface area contributed by atoms with Gasteiger partial charge in [0.1, 0.15) is 5.15 Å². The predicted octanol–water partition coefficient (Wildman–Crippen LogP) is 2.04. The quantitative estimate of drug-likeness (QED) is 0.787. The third-order valence-electron chi connectivity index (χ3n) is 1.29. The minimum absolute atomic E-state index is 0.0309. The minimum atomic E-state index is -0.0309. The van der Waals surface area contributed by atoms with Crippen molar-refractivity contribution in [2.75, 3.05) is 17.3 Å². The first-order chi connectivity index (χ1) is 6.22. The Hall–Kier alpha value is -0.740. The Balaban J connectivity index is 2.54. The number of thioether (sulfide) groups is 1. The van der Waals surface area contributed by atoms with E-state index in [0.29, 0.717) is 16.6 Å². The SMILES string of the molecule is CSCC(=O)Nc1ccc(Cl)nc1. The molecule has 0 aromatic carbocycles. The highest BCUT2D eigenvalue weighted by Crippen LogP contribution is 2.09. The lowest BCUT2D eigenvalue weighted by molar-refractivity contribution is -0.113. The van der Waals surface area contributed by atoms with Crippen molar-refractivity contribution in [1.29, 1.82) is 0 Å². The zero-order chi connectivity index (χ0) is 9.68. The number of nitrogens with zero attached hydrogens (tertiary/aromatic N) is 1. The number of amides is 1. The highest BCUT2D eigenvalue weighted by Gasteiger charge is 2.00. The summed E-state index contributed by atoms with van der Waals surface area (Å²) < 4.78 is 0. The van der Waals surface area contributed by atoms with Crippen LogP contribution in [-0.4, -0.2) is 22.9 Å². The molecular weight excluding hydrogens is 208 g/mol. The molecule has 1 aromatic rings. The van der Waals surface area contributed by atoms with E-state index in [2.05, 4.69) is 10.3 Å². The van der Waals surface area contributed by atoms with Crippen LogP contribution in [0.15, 0.2) is 18.3 Å². The molecule has 13 heavy (non-hydrogen) atoms. The summed E-state index contributed by atoms with van der Waals surface area (Å²) in [4.78, 5) is 14.9. The van der Waals surface area contributed by atoms with Crippen LogP contribution in [0.3, 0.4) is 0 Å². The third-order valence-corrected chi connectivity index (χ3v) is 2.06. The van der Waals surface area contributed by atoms with Gasteiger partial charge in [0.25, 0.3) is 0 Å². The second kappa shape index (κ2) is 5.09. The molecule has 0 saturated heterocycles. The second-order valence-electron chi connectivity index (χ2n) is 2.35. The first-order valence-electron chi connectivity index (χ1n) is 3.62. The number of hydrogen-bond acceptors (Lipinski definition) is 3. The number of rotatable bonds is 3. The van der Waals surface area contributed by atoms with Crippen molar-refractivity contribution in [1.82, 2.24) is 4.98 Å². The van der Waals surface area contributed by atoms with Gasteiger partial charge in [0.05, 0.1) is 17.6 Å². The average molecular weight is 217 g/mol. The molecule has 0 saturated carbocycles. The van der Waals surface area contributed by atoms with Crippen molar-refractivity contribution >= 4 is 35.0 Å². The van der Waals surface area contributed by atoms with Crippen LogP contribution in [0.2, 0.25) is 5.15 Å². The number of anilines is 1. The maximum absolute atomic E-state index is 11.1. The number of carbonyl (C=O) groups excluding carboxylic acids is 1. The van der Waals surface area contributed by atoms with Crippen molar-refractivity contribution in [3.05, 3.63) is 23.5 Å². The molecule has 0 atom stereocenters. The topological polar surface area (TPSA) is 42.0 Å². The van der Waals surface area contributed by atoms with Gasteiger partial charge < -0.3 is 5.32 Å². The Bertz CT molecular complexity index is 289. The fraction of sp³-hybridized carbons (Fsp3) is 0.250. The van der Waals surface area contributed by atoms with Crippen LogP contribution < -0.4 is 5.32 Å². The predicted molar refractivity (Wildman–Crippen MR) is 56.3 cm³/mol. The fourth-order valence-electron chi connectivity index (χ4n) is 0.778. The van der Waals surface area contributed by atoms with Crippen LogP contribution in [0, 0.1) is 0 Å². The molecule has 3 nitrogen and oxygen atoms in total. The summed E-state index contributed by atoms with van der Waals surface area (Å²) >= 11 is 7.06. The Labute approximate surface area is 85.9 Å². The molecule has 1 heterocycles. The summed E-state index contributed by atoms with van der Waals surface area (Å²) in [5.74, 6) is 0.416. The van der Waals surface area contributed by atoms with Crippen LogP contribution in [0.25, 0.3) is 0 Å². The molecule has 0 aliphatic rings. The van der Waals surface area contributed by atoms with Crippen LogP contribution in [0.5, 0.6) is 0 Å². The normalized spacial score (nSPS) is 9.69. The average Bonchev–Trinajstić information content (AvgIpc) is 2.09. The lowest BCUT2D eigenvalue weighted by Crippen LogP contribution is -2.13. The summed E-state index contributed by atoms with van der Waals surface area (Å²) in [6.07, 6.45) is 3.40. The molecule has 0 spiro atoms. The van der Waals surface area contributed by atoms with Gasteiger partial charge in [-0.2, -0.15) is 11.8 Å². The zero-order valence-electron chi connectivity index (χ0n) is 7.08. The van der Waals surface area contributed by atoms with E-state index in [1.54, 1.807) is 12.1 Å². The van der Waals surface area contributed by atoms with Crippen molar-refractivity contribution in [3.8, 4) is 0 Å². The molecule has 0 aliphatic carbocycles. The molecule has 70 valence electrons. The highest BCUT2D eigenvalue weighted by atomic mass is 35.5. The smallest absolute Gasteiger partial charge is 0.234 e. The van der Waals surface area contributed by atoms with E-state index in [4.69, 9.17) is 11.6 Å². The molecule has 1 rings (SSSR count). The molecule has 0 radical (unpaired) electrons. The maximum Gasteiger partial charge on any atom is 0.234 e. The van der Waals surface area contributed by atoms with Gasteiger partial charge in [0, 0.05) is 0 Å². The van der Waals surface area contributed by atoms with Gasteiger partial charge in [-0.25, -0.2) is 4.98 Å². The summed E-state index contributed by atoms with van der Waals surface area (Å²) in [5, 5.41) is 3.11. The molecule has 0 fully saturated rings. The van der Waals surface area contributed by atoms with Gasteiger partial charge >= 0.3 is 0 Å². The number of halogens is 1. The zero-order valence-corrected chi connectivity index (χ0v) is 8.65. The molecule has 0 unspecified atom stereocenters. The monoisotopic (exact) mass is 216 g/mol. The maximum atomic E-state index is 11.1. The van der Waals surface area contributed by atoms with Crippen molar-refractivity contribution in [2.45, 2.75) is 0 Å². The molecular formula is C8H9ClN2OS. The van der Waals surface area contributed by atoms with E-state index in [9.17, 15) is 4.79 Å². The lowest BCUT2D eigenvalue weighted by Gasteiger charge is -2.02. The van der Waals surface area contributed by atoms with Crippen LogP contribution in [0.1, 0.15) is 0 Å². The summed E-state index contributed by atoms with van der Waals surface area (Å²) in [7, 11) is 0. The Morgan fingerprint density at radius 2 is 2.46 bits per heavy atom. The molecule has 1 N–H and O–H groups in total.